The highest BCUT2D eigenvalue weighted by Crippen LogP contribution is 2.37. The van der Waals surface area contributed by atoms with Gasteiger partial charge in [-0.15, -0.1) is 0 Å². The summed E-state index contributed by atoms with van der Waals surface area (Å²) in [5.74, 6) is -2.66. The molecule has 1 aromatic rings. The second-order valence-electron chi connectivity index (χ2n) is 4.45. The molecular formula is C16H16O5. The SMILES string of the molecule is CCOC(=O)/C=C1/c2ccccc2C(=O)C1C(=O)OCC. The molecule has 0 saturated heterocycles. The first-order chi connectivity index (χ1) is 10.1. The molecule has 1 unspecified atom stereocenters. The molecule has 1 aromatic carbocycles. The van der Waals surface area contributed by atoms with Crippen LogP contribution in [-0.2, 0) is 19.1 Å². The molecule has 5 heteroatoms. The van der Waals surface area contributed by atoms with Crippen LogP contribution in [0.25, 0.3) is 5.57 Å². The van der Waals surface area contributed by atoms with Gasteiger partial charge in [0.25, 0.3) is 0 Å². The maximum absolute atomic E-state index is 12.4. The minimum absolute atomic E-state index is 0.172. The fourth-order valence-electron chi connectivity index (χ4n) is 2.33. The Morgan fingerprint density at radius 3 is 2.33 bits per heavy atom. The molecule has 0 spiro atoms. The Morgan fingerprint density at radius 2 is 1.71 bits per heavy atom. The highest BCUT2D eigenvalue weighted by Gasteiger charge is 2.41. The van der Waals surface area contributed by atoms with E-state index in [0.717, 1.165) is 0 Å². The van der Waals surface area contributed by atoms with E-state index >= 15 is 0 Å². The van der Waals surface area contributed by atoms with E-state index in [1.54, 1.807) is 38.1 Å². The van der Waals surface area contributed by atoms with Crippen molar-refractivity contribution in [2.24, 2.45) is 5.92 Å². The summed E-state index contributed by atoms with van der Waals surface area (Å²) in [5.41, 5.74) is 1.34. The van der Waals surface area contributed by atoms with E-state index in [0.29, 0.717) is 16.7 Å². The second kappa shape index (κ2) is 6.35. The van der Waals surface area contributed by atoms with Crippen LogP contribution in [0, 0.1) is 5.92 Å². The Kier molecular flexibility index (Phi) is 4.52. The average molecular weight is 288 g/mol. The second-order valence-corrected chi connectivity index (χ2v) is 4.45. The average Bonchev–Trinajstić information content (AvgIpc) is 2.73. The van der Waals surface area contributed by atoms with Gasteiger partial charge in [0, 0.05) is 11.6 Å². The first kappa shape index (κ1) is 15.0. The van der Waals surface area contributed by atoms with Crippen LogP contribution in [0.2, 0.25) is 0 Å². The third-order valence-electron chi connectivity index (χ3n) is 3.16. The number of carbonyl (C=O) groups excluding carboxylic acids is 3. The van der Waals surface area contributed by atoms with Crippen LogP contribution in [0.15, 0.2) is 30.3 Å². The molecule has 21 heavy (non-hydrogen) atoms. The number of esters is 2. The minimum Gasteiger partial charge on any atom is -0.465 e. The van der Waals surface area contributed by atoms with Crippen molar-refractivity contribution in [2.45, 2.75) is 13.8 Å². The van der Waals surface area contributed by atoms with Crippen molar-refractivity contribution >= 4 is 23.3 Å². The molecule has 0 amide bonds. The number of rotatable bonds is 4. The zero-order chi connectivity index (χ0) is 15.4. The Morgan fingerprint density at radius 1 is 1.10 bits per heavy atom. The van der Waals surface area contributed by atoms with E-state index < -0.39 is 17.9 Å². The topological polar surface area (TPSA) is 69.7 Å². The molecule has 5 nitrogen and oxygen atoms in total. The molecule has 110 valence electrons. The number of fused-ring (bicyclic) bond motifs is 1. The van der Waals surface area contributed by atoms with Crippen LogP contribution < -0.4 is 0 Å². The lowest BCUT2D eigenvalue weighted by atomic mass is 9.99. The maximum Gasteiger partial charge on any atom is 0.331 e. The molecular weight excluding hydrogens is 272 g/mol. The third-order valence-corrected chi connectivity index (χ3v) is 3.16. The van der Waals surface area contributed by atoms with Gasteiger partial charge in [-0.05, 0) is 25.0 Å². The Balaban J connectivity index is 2.47. The Bertz CT molecular complexity index is 615. The number of ketones is 1. The van der Waals surface area contributed by atoms with Crippen molar-refractivity contribution < 1.29 is 23.9 Å². The number of carbonyl (C=O) groups is 3. The lowest BCUT2D eigenvalue weighted by molar-refractivity contribution is -0.144. The van der Waals surface area contributed by atoms with Crippen molar-refractivity contribution in [2.75, 3.05) is 13.2 Å². The van der Waals surface area contributed by atoms with Crippen molar-refractivity contribution in [3.05, 3.63) is 41.5 Å². The summed E-state index contributed by atoms with van der Waals surface area (Å²) < 4.78 is 9.81. The minimum atomic E-state index is -1.09. The number of hydrogen-bond donors (Lipinski definition) is 0. The highest BCUT2D eigenvalue weighted by molar-refractivity contribution is 6.24. The summed E-state index contributed by atoms with van der Waals surface area (Å²) in [7, 11) is 0. The van der Waals surface area contributed by atoms with Gasteiger partial charge < -0.3 is 9.47 Å². The quantitative estimate of drug-likeness (QED) is 0.481. The van der Waals surface area contributed by atoms with Gasteiger partial charge in [0.1, 0.15) is 5.92 Å². The first-order valence-corrected chi connectivity index (χ1v) is 6.78. The largest absolute Gasteiger partial charge is 0.465 e. The smallest absolute Gasteiger partial charge is 0.331 e. The summed E-state index contributed by atoms with van der Waals surface area (Å²) >= 11 is 0. The monoisotopic (exact) mass is 288 g/mol. The Hall–Kier alpha value is -2.43. The van der Waals surface area contributed by atoms with Gasteiger partial charge in [0.05, 0.1) is 13.2 Å². The Labute approximate surface area is 122 Å². The van der Waals surface area contributed by atoms with Gasteiger partial charge >= 0.3 is 11.9 Å². The molecule has 1 aliphatic carbocycles. The van der Waals surface area contributed by atoms with Gasteiger partial charge in [-0.2, -0.15) is 0 Å². The molecule has 0 radical (unpaired) electrons. The van der Waals surface area contributed by atoms with Crippen molar-refractivity contribution in [3.63, 3.8) is 0 Å². The number of benzene rings is 1. The number of ether oxygens (including phenoxy) is 2. The van der Waals surface area contributed by atoms with Crippen LogP contribution >= 0.6 is 0 Å². The summed E-state index contributed by atoms with van der Waals surface area (Å²) in [6.07, 6.45) is 1.20. The number of Topliss-reactive ketones (excluding diaryl/α,β-unsaturated/α-hetero) is 1. The molecule has 2 rings (SSSR count). The van der Waals surface area contributed by atoms with E-state index in [9.17, 15) is 14.4 Å². The normalized spacial score (nSPS) is 18.5. The molecule has 0 saturated carbocycles. The molecule has 0 heterocycles. The predicted octanol–water partition coefficient (Wildman–Crippen LogP) is 2.01. The molecule has 0 fully saturated rings. The lowest BCUT2D eigenvalue weighted by Gasteiger charge is -2.10. The summed E-state index contributed by atoms with van der Waals surface area (Å²) in [6, 6.07) is 6.80. The van der Waals surface area contributed by atoms with E-state index in [1.807, 2.05) is 0 Å². The van der Waals surface area contributed by atoms with Crippen LogP contribution in [0.4, 0.5) is 0 Å². The van der Waals surface area contributed by atoms with Gasteiger partial charge in [0.15, 0.2) is 5.78 Å². The van der Waals surface area contributed by atoms with E-state index in [1.165, 1.54) is 6.08 Å². The molecule has 0 aliphatic heterocycles. The maximum atomic E-state index is 12.4. The lowest BCUT2D eigenvalue weighted by Crippen LogP contribution is -2.23. The molecule has 0 N–H and O–H groups in total. The molecule has 0 bridgehead atoms. The van der Waals surface area contributed by atoms with E-state index in [4.69, 9.17) is 9.47 Å². The van der Waals surface area contributed by atoms with Crippen LogP contribution in [0.5, 0.6) is 0 Å². The standard InChI is InChI=1S/C16H16O5/c1-3-20-13(17)9-12-10-7-5-6-8-11(10)15(18)14(12)16(19)21-4-2/h5-9,14H,3-4H2,1-2H3/b12-9-. The molecule has 1 atom stereocenters. The number of hydrogen-bond acceptors (Lipinski definition) is 5. The molecule has 0 aromatic heterocycles. The zero-order valence-electron chi connectivity index (χ0n) is 11.9. The molecule has 1 aliphatic rings. The van der Waals surface area contributed by atoms with Crippen molar-refractivity contribution in [3.8, 4) is 0 Å². The first-order valence-electron chi connectivity index (χ1n) is 6.78. The van der Waals surface area contributed by atoms with Crippen LogP contribution in [0.3, 0.4) is 0 Å². The fourth-order valence-corrected chi connectivity index (χ4v) is 2.33. The van der Waals surface area contributed by atoms with Crippen molar-refractivity contribution in [1.82, 2.24) is 0 Å². The van der Waals surface area contributed by atoms with Gasteiger partial charge in [-0.25, -0.2) is 4.79 Å². The van der Waals surface area contributed by atoms with Crippen molar-refractivity contribution in [1.29, 1.82) is 0 Å². The summed E-state index contributed by atoms with van der Waals surface area (Å²) in [4.78, 5) is 36.1. The zero-order valence-corrected chi connectivity index (χ0v) is 11.9. The third kappa shape index (κ3) is 2.86. The summed E-state index contributed by atoms with van der Waals surface area (Å²) in [6.45, 7) is 3.75. The predicted molar refractivity (Wildman–Crippen MR) is 75.5 cm³/mol. The van der Waals surface area contributed by atoms with Gasteiger partial charge in [-0.1, -0.05) is 24.3 Å². The van der Waals surface area contributed by atoms with Gasteiger partial charge in [-0.3, -0.25) is 9.59 Å². The van der Waals surface area contributed by atoms with Gasteiger partial charge in [0.2, 0.25) is 0 Å². The van der Waals surface area contributed by atoms with Crippen LogP contribution in [-0.4, -0.2) is 30.9 Å². The van der Waals surface area contributed by atoms with E-state index in [-0.39, 0.29) is 19.0 Å². The fraction of sp³-hybridized carbons (Fsp3) is 0.312. The van der Waals surface area contributed by atoms with E-state index in [2.05, 4.69) is 0 Å². The summed E-state index contributed by atoms with van der Waals surface area (Å²) in [5, 5.41) is 0. The highest BCUT2D eigenvalue weighted by atomic mass is 16.5. The van der Waals surface area contributed by atoms with Crippen LogP contribution in [0.1, 0.15) is 29.8 Å².